The van der Waals surface area contributed by atoms with E-state index < -0.39 is 0 Å². The summed E-state index contributed by atoms with van der Waals surface area (Å²) in [4.78, 5) is 8.34. The van der Waals surface area contributed by atoms with Crippen LogP contribution in [0.5, 0.6) is 0 Å². The number of aryl methyl sites for hydroxylation is 4. The number of pyridine rings is 1. The van der Waals surface area contributed by atoms with Crippen LogP contribution in [-0.4, -0.2) is 10.1 Å². The fourth-order valence-electron chi connectivity index (χ4n) is 2.14. The summed E-state index contributed by atoms with van der Waals surface area (Å²) in [5, 5.41) is 2.38. The molecule has 0 aliphatic rings. The smallest absolute Gasteiger partial charge is 0.0739 e. The van der Waals surface area contributed by atoms with E-state index >= 15 is 0 Å². The molecule has 96 valence electrons. The van der Waals surface area contributed by atoms with Crippen LogP contribution in [0.3, 0.4) is 0 Å². The molecule has 0 unspecified atom stereocenters. The highest BCUT2D eigenvalue weighted by Gasteiger charge is 1.99. The Balaban J connectivity index is 2.03. The molecule has 0 aliphatic carbocycles. The number of aliphatic imine (C=N–C) groups is 1. The van der Waals surface area contributed by atoms with Crippen molar-refractivity contribution >= 4 is 23.1 Å². The molecule has 0 spiro atoms. The SMILES string of the molecule is Cc1cc(CCc2ccc(N=C=S)cc2)cc(C)n1. The number of nitrogens with zero attached hydrogens (tertiary/aromatic N) is 2. The van der Waals surface area contributed by atoms with Gasteiger partial charge in [-0.05, 0) is 74.3 Å². The van der Waals surface area contributed by atoms with E-state index in [2.05, 4.69) is 51.6 Å². The maximum Gasteiger partial charge on any atom is 0.0739 e. The lowest BCUT2D eigenvalue weighted by atomic mass is 10.0. The van der Waals surface area contributed by atoms with Gasteiger partial charge in [-0.3, -0.25) is 4.98 Å². The fourth-order valence-corrected chi connectivity index (χ4v) is 2.25. The quantitative estimate of drug-likeness (QED) is 0.613. The maximum atomic E-state index is 4.58. The molecule has 0 fully saturated rings. The third kappa shape index (κ3) is 4.09. The van der Waals surface area contributed by atoms with Gasteiger partial charge in [0.15, 0.2) is 0 Å². The first-order chi connectivity index (χ1) is 9.17. The number of aromatic nitrogens is 1. The zero-order chi connectivity index (χ0) is 13.7. The molecule has 1 aromatic carbocycles. The Bertz CT molecular complexity index is 591. The summed E-state index contributed by atoms with van der Waals surface area (Å²) in [6, 6.07) is 12.4. The second-order valence-electron chi connectivity index (χ2n) is 4.63. The minimum atomic E-state index is 0.856. The van der Waals surface area contributed by atoms with E-state index in [4.69, 9.17) is 0 Å². The topological polar surface area (TPSA) is 25.2 Å². The van der Waals surface area contributed by atoms with Gasteiger partial charge in [0.2, 0.25) is 0 Å². The van der Waals surface area contributed by atoms with Crippen molar-refractivity contribution in [1.29, 1.82) is 0 Å². The van der Waals surface area contributed by atoms with Crippen LogP contribution in [0.15, 0.2) is 41.4 Å². The number of isothiocyanates is 1. The Labute approximate surface area is 119 Å². The minimum absolute atomic E-state index is 0.856. The molecule has 1 heterocycles. The Kier molecular flexibility index (Phi) is 4.56. The van der Waals surface area contributed by atoms with E-state index in [0.717, 1.165) is 29.9 Å². The number of benzene rings is 1. The van der Waals surface area contributed by atoms with Gasteiger partial charge in [0.05, 0.1) is 10.8 Å². The summed E-state index contributed by atoms with van der Waals surface area (Å²) in [6.07, 6.45) is 2.05. The van der Waals surface area contributed by atoms with E-state index in [1.54, 1.807) is 0 Å². The molecule has 2 rings (SSSR count). The molecule has 0 radical (unpaired) electrons. The normalized spacial score (nSPS) is 10.0. The predicted molar refractivity (Wildman–Crippen MR) is 82.2 cm³/mol. The van der Waals surface area contributed by atoms with Crippen LogP contribution in [0.25, 0.3) is 0 Å². The first-order valence-electron chi connectivity index (χ1n) is 6.28. The second-order valence-corrected chi connectivity index (χ2v) is 4.81. The lowest BCUT2D eigenvalue weighted by Crippen LogP contribution is -1.95. The van der Waals surface area contributed by atoms with Crippen LogP contribution < -0.4 is 0 Å². The monoisotopic (exact) mass is 268 g/mol. The molecule has 0 amide bonds. The second kappa shape index (κ2) is 6.37. The molecule has 1 aromatic heterocycles. The lowest BCUT2D eigenvalue weighted by Gasteiger charge is -2.05. The summed E-state index contributed by atoms with van der Waals surface area (Å²) in [5.74, 6) is 0. The van der Waals surface area contributed by atoms with Crippen molar-refractivity contribution in [2.75, 3.05) is 0 Å². The van der Waals surface area contributed by atoms with Crippen molar-refractivity contribution in [3.63, 3.8) is 0 Å². The molecule has 3 heteroatoms. The van der Waals surface area contributed by atoms with E-state index in [1.165, 1.54) is 11.1 Å². The number of thiocarbonyl (C=S) groups is 1. The molecule has 0 bridgehead atoms. The highest BCUT2D eigenvalue weighted by molar-refractivity contribution is 7.78. The third-order valence-corrected chi connectivity index (χ3v) is 3.05. The molecular weight excluding hydrogens is 252 g/mol. The molecule has 0 saturated heterocycles. The molecule has 0 saturated carbocycles. The lowest BCUT2D eigenvalue weighted by molar-refractivity contribution is 0.942. The molecule has 0 atom stereocenters. The van der Waals surface area contributed by atoms with Gasteiger partial charge in [-0.1, -0.05) is 12.1 Å². The van der Waals surface area contributed by atoms with Gasteiger partial charge in [0, 0.05) is 11.4 Å². The summed E-state index contributed by atoms with van der Waals surface area (Å²) >= 11 is 4.58. The Hall–Kier alpha value is -1.83. The number of hydrogen-bond acceptors (Lipinski definition) is 3. The van der Waals surface area contributed by atoms with E-state index in [9.17, 15) is 0 Å². The molecule has 0 aliphatic heterocycles. The van der Waals surface area contributed by atoms with E-state index in [1.807, 2.05) is 26.0 Å². The van der Waals surface area contributed by atoms with Gasteiger partial charge < -0.3 is 0 Å². The average molecular weight is 268 g/mol. The third-order valence-electron chi connectivity index (χ3n) is 2.95. The molecule has 2 aromatic rings. The fraction of sp³-hybridized carbons (Fsp3) is 0.250. The Morgan fingerprint density at radius 2 is 1.58 bits per heavy atom. The van der Waals surface area contributed by atoms with E-state index in [0.29, 0.717) is 0 Å². The van der Waals surface area contributed by atoms with Crippen LogP contribution in [0.1, 0.15) is 22.5 Å². The van der Waals surface area contributed by atoms with Crippen molar-refractivity contribution in [1.82, 2.24) is 4.98 Å². The van der Waals surface area contributed by atoms with Gasteiger partial charge in [-0.25, -0.2) is 0 Å². The molecule has 2 nitrogen and oxygen atoms in total. The summed E-state index contributed by atoms with van der Waals surface area (Å²) in [5.41, 5.74) is 5.66. The first kappa shape index (κ1) is 13.6. The van der Waals surface area contributed by atoms with Crippen LogP contribution in [0, 0.1) is 13.8 Å². The maximum absolute atomic E-state index is 4.58. The van der Waals surface area contributed by atoms with Gasteiger partial charge in [-0.15, -0.1) is 0 Å². The van der Waals surface area contributed by atoms with Gasteiger partial charge >= 0.3 is 0 Å². The van der Waals surface area contributed by atoms with Crippen molar-refractivity contribution < 1.29 is 0 Å². The Morgan fingerprint density at radius 3 is 2.16 bits per heavy atom. The van der Waals surface area contributed by atoms with Gasteiger partial charge in [0.25, 0.3) is 0 Å². The summed E-state index contributed by atoms with van der Waals surface area (Å²) < 4.78 is 0. The van der Waals surface area contributed by atoms with Crippen molar-refractivity contribution in [2.45, 2.75) is 26.7 Å². The first-order valence-corrected chi connectivity index (χ1v) is 6.69. The van der Waals surface area contributed by atoms with Crippen molar-refractivity contribution in [2.24, 2.45) is 4.99 Å². The van der Waals surface area contributed by atoms with Crippen molar-refractivity contribution in [3.8, 4) is 0 Å². The van der Waals surface area contributed by atoms with Crippen LogP contribution in [-0.2, 0) is 12.8 Å². The van der Waals surface area contributed by atoms with Crippen LogP contribution >= 0.6 is 12.2 Å². The number of hydrogen-bond donors (Lipinski definition) is 0. The van der Waals surface area contributed by atoms with Gasteiger partial charge in [0.1, 0.15) is 0 Å². The molecular formula is C16H16N2S. The molecule has 19 heavy (non-hydrogen) atoms. The highest BCUT2D eigenvalue weighted by Crippen LogP contribution is 2.14. The van der Waals surface area contributed by atoms with Crippen molar-refractivity contribution in [3.05, 3.63) is 58.9 Å². The Morgan fingerprint density at radius 1 is 1.00 bits per heavy atom. The predicted octanol–water partition coefficient (Wildman–Crippen LogP) is 4.22. The minimum Gasteiger partial charge on any atom is -0.258 e. The van der Waals surface area contributed by atoms with Crippen LogP contribution in [0.2, 0.25) is 0 Å². The zero-order valence-electron chi connectivity index (χ0n) is 11.2. The van der Waals surface area contributed by atoms with Gasteiger partial charge in [-0.2, -0.15) is 4.99 Å². The summed E-state index contributed by atoms with van der Waals surface area (Å²) in [6.45, 7) is 4.07. The number of rotatable bonds is 4. The zero-order valence-corrected chi connectivity index (χ0v) is 12.0. The largest absolute Gasteiger partial charge is 0.258 e. The standard InChI is InChI=1S/C16H16N2S/c1-12-9-15(10-13(2)18-12)4-3-14-5-7-16(8-6-14)17-11-19/h5-10H,3-4H2,1-2H3. The molecule has 0 N–H and O–H groups in total. The average Bonchev–Trinajstić information content (AvgIpc) is 2.37. The highest BCUT2D eigenvalue weighted by atomic mass is 32.1. The summed E-state index contributed by atoms with van der Waals surface area (Å²) in [7, 11) is 0. The van der Waals surface area contributed by atoms with E-state index in [-0.39, 0.29) is 0 Å². The van der Waals surface area contributed by atoms with Crippen LogP contribution in [0.4, 0.5) is 5.69 Å².